The van der Waals surface area contributed by atoms with Crippen molar-refractivity contribution >= 4 is 5.91 Å². The molecule has 0 bridgehead atoms. The molecule has 0 N–H and O–H groups in total. The molecule has 2 aliphatic rings. The molecule has 2 fully saturated rings. The standard InChI is InChI=1S/C16H18F3NO4/c17-16(18,19)12-1-3-13(4-2-12)22-11-14(21)20-7-5-15(6-8-20)23-9-10-24-15/h1-4H,5-11H2. The van der Waals surface area contributed by atoms with Crippen LogP contribution in [0, 0.1) is 0 Å². The highest BCUT2D eigenvalue weighted by molar-refractivity contribution is 5.77. The van der Waals surface area contributed by atoms with Gasteiger partial charge in [0.05, 0.1) is 18.8 Å². The molecule has 0 saturated carbocycles. The largest absolute Gasteiger partial charge is 0.484 e. The summed E-state index contributed by atoms with van der Waals surface area (Å²) in [4.78, 5) is 13.8. The van der Waals surface area contributed by atoms with Gasteiger partial charge in [0.15, 0.2) is 12.4 Å². The molecule has 1 aromatic carbocycles. The molecule has 0 radical (unpaired) electrons. The number of carbonyl (C=O) groups is 1. The second-order valence-electron chi connectivity index (χ2n) is 5.80. The highest BCUT2D eigenvalue weighted by Crippen LogP contribution is 2.32. The smallest absolute Gasteiger partial charge is 0.416 e. The van der Waals surface area contributed by atoms with Crippen molar-refractivity contribution in [2.75, 3.05) is 32.9 Å². The number of likely N-dealkylation sites (tertiary alicyclic amines) is 1. The molecule has 1 amide bonds. The second kappa shape index (κ2) is 6.60. The molecule has 0 unspecified atom stereocenters. The number of ether oxygens (including phenoxy) is 3. The molecular formula is C16H18F3NO4. The lowest BCUT2D eigenvalue weighted by Gasteiger charge is -2.37. The van der Waals surface area contributed by atoms with Gasteiger partial charge in [-0.2, -0.15) is 13.2 Å². The van der Waals surface area contributed by atoms with Crippen molar-refractivity contribution in [1.29, 1.82) is 0 Å². The summed E-state index contributed by atoms with van der Waals surface area (Å²) < 4.78 is 53.9. The van der Waals surface area contributed by atoms with Crippen LogP contribution in [0.5, 0.6) is 5.75 Å². The molecule has 5 nitrogen and oxygen atoms in total. The third-order valence-electron chi connectivity index (χ3n) is 4.24. The van der Waals surface area contributed by atoms with E-state index in [1.807, 2.05) is 0 Å². The van der Waals surface area contributed by atoms with Crippen LogP contribution in [-0.4, -0.2) is 49.5 Å². The van der Waals surface area contributed by atoms with E-state index in [9.17, 15) is 18.0 Å². The van der Waals surface area contributed by atoms with Crippen LogP contribution < -0.4 is 4.74 Å². The number of hydrogen-bond acceptors (Lipinski definition) is 4. The van der Waals surface area contributed by atoms with E-state index in [-0.39, 0.29) is 18.3 Å². The van der Waals surface area contributed by atoms with Crippen LogP contribution in [0.3, 0.4) is 0 Å². The highest BCUT2D eigenvalue weighted by Gasteiger charge is 2.40. The van der Waals surface area contributed by atoms with Gasteiger partial charge in [0.1, 0.15) is 5.75 Å². The molecule has 0 atom stereocenters. The summed E-state index contributed by atoms with van der Waals surface area (Å²) in [5.74, 6) is -0.527. The quantitative estimate of drug-likeness (QED) is 0.844. The molecule has 2 aliphatic heterocycles. The van der Waals surface area contributed by atoms with E-state index in [1.165, 1.54) is 12.1 Å². The topological polar surface area (TPSA) is 48.0 Å². The number of halogens is 3. The number of benzene rings is 1. The minimum Gasteiger partial charge on any atom is -0.484 e. The Morgan fingerprint density at radius 3 is 2.25 bits per heavy atom. The van der Waals surface area contributed by atoms with Gasteiger partial charge >= 0.3 is 6.18 Å². The number of alkyl halides is 3. The van der Waals surface area contributed by atoms with Crippen molar-refractivity contribution in [2.24, 2.45) is 0 Å². The number of piperidine rings is 1. The number of amides is 1. The maximum absolute atomic E-state index is 12.5. The van der Waals surface area contributed by atoms with E-state index in [0.29, 0.717) is 39.1 Å². The first-order valence-electron chi connectivity index (χ1n) is 7.74. The Bertz CT molecular complexity index is 572. The van der Waals surface area contributed by atoms with Crippen LogP contribution in [0.4, 0.5) is 13.2 Å². The van der Waals surface area contributed by atoms with Crippen LogP contribution in [0.15, 0.2) is 24.3 Å². The van der Waals surface area contributed by atoms with Crippen molar-refractivity contribution in [3.05, 3.63) is 29.8 Å². The summed E-state index contributed by atoms with van der Waals surface area (Å²) in [6, 6.07) is 4.28. The van der Waals surface area contributed by atoms with E-state index in [2.05, 4.69) is 0 Å². The Kier molecular flexibility index (Phi) is 4.69. The fourth-order valence-corrected chi connectivity index (χ4v) is 2.86. The van der Waals surface area contributed by atoms with E-state index >= 15 is 0 Å². The molecule has 1 aromatic rings. The van der Waals surface area contributed by atoms with E-state index in [4.69, 9.17) is 14.2 Å². The molecule has 0 aromatic heterocycles. The Hall–Kier alpha value is -1.80. The van der Waals surface area contributed by atoms with Crippen molar-refractivity contribution in [3.8, 4) is 5.75 Å². The Morgan fingerprint density at radius 1 is 1.12 bits per heavy atom. The van der Waals surface area contributed by atoms with Gasteiger partial charge in [0, 0.05) is 25.9 Å². The van der Waals surface area contributed by atoms with Crippen molar-refractivity contribution in [1.82, 2.24) is 4.90 Å². The van der Waals surface area contributed by atoms with E-state index < -0.39 is 17.5 Å². The molecule has 132 valence electrons. The Morgan fingerprint density at radius 2 is 1.71 bits per heavy atom. The van der Waals surface area contributed by atoms with Gasteiger partial charge < -0.3 is 19.1 Å². The lowest BCUT2D eigenvalue weighted by atomic mass is 10.0. The predicted octanol–water partition coefficient (Wildman–Crippen LogP) is 2.45. The average Bonchev–Trinajstić information content (AvgIpc) is 3.01. The number of carbonyl (C=O) groups excluding carboxylic acids is 1. The third kappa shape index (κ3) is 3.81. The number of hydrogen-bond donors (Lipinski definition) is 0. The molecular weight excluding hydrogens is 327 g/mol. The first-order chi connectivity index (χ1) is 11.4. The fourth-order valence-electron chi connectivity index (χ4n) is 2.86. The zero-order valence-corrected chi connectivity index (χ0v) is 13.0. The number of nitrogens with zero attached hydrogens (tertiary/aromatic N) is 1. The molecule has 2 saturated heterocycles. The third-order valence-corrected chi connectivity index (χ3v) is 4.24. The maximum Gasteiger partial charge on any atom is 0.416 e. The molecule has 24 heavy (non-hydrogen) atoms. The van der Waals surface area contributed by atoms with Gasteiger partial charge in [0.2, 0.25) is 0 Å². The molecule has 8 heteroatoms. The summed E-state index contributed by atoms with van der Waals surface area (Å²) in [5.41, 5.74) is -0.751. The monoisotopic (exact) mass is 345 g/mol. The van der Waals surface area contributed by atoms with E-state index in [1.54, 1.807) is 4.90 Å². The lowest BCUT2D eigenvalue weighted by molar-refractivity contribution is -0.187. The minimum atomic E-state index is -4.39. The van der Waals surface area contributed by atoms with Crippen molar-refractivity contribution in [3.63, 3.8) is 0 Å². The zero-order chi connectivity index (χ0) is 17.2. The van der Waals surface area contributed by atoms with Gasteiger partial charge in [-0.1, -0.05) is 0 Å². The van der Waals surface area contributed by atoms with Crippen LogP contribution >= 0.6 is 0 Å². The van der Waals surface area contributed by atoms with Crippen LogP contribution in [-0.2, 0) is 20.4 Å². The summed E-state index contributed by atoms with van der Waals surface area (Å²) in [7, 11) is 0. The second-order valence-corrected chi connectivity index (χ2v) is 5.80. The maximum atomic E-state index is 12.5. The normalized spacial score (nSPS) is 20.4. The summed E-state index contributed by atoms with van der Waals surface area (Å²) in [5, 5.41) is 0. The lowest BCUT2D eigenvalue weighted by Crippen LogP contribution is -2.48. The Balaban J connectivity index is 1.47. The summed E-state index contributed by atoms with van der Waals surface area (Å²) >= 11 is 0. The van der Waals surface area contributed by atoms with Gasteiger partial charge in [-0.3, -0.25) is 4.79 Å². The van der Waals surface area contributed by atoms with Gasteiger partial charge in [-0.05, 0) is 24.3 Å². The van der Waals surface area contributed by atoms with Crippen LogP contribution in [0.2, 0.25) is 0 Å². The SMILES string of the molecule is O=C(COc1ccc(C(F)(F)F)cc1)N1CCC2(CC1)OCCO2. The van der Waals surface area contributed by atoms with Crippen LogP contribution in [0.1, 0.15) is 18.4 Å². The predicted molar refractivity (Wildman–Crippen MR) is 77.4 cm³/mol. The summed E-state index contributed by atoms with van der Waals surface area (Å²) in [6.07, 6.45) is -3.17. The van der Waals surface area contributed by atoms with Gasteiger partial charge in [-0.25, -0.2) is 0 Å². The average molecular weight is 345 g/mol. The minimum absolute atomic E-state index is 0.206. The van der Waals surface area contributed by atoms with Crippen molar-refractivity contribution in [2.45, 2.75) is 24.8 Å². The fraction of sp³-hybridized carbons (Fsp3) is 0.562. The van der Waals surface area contributed by atoms with E-state index in [0.717, 1.165) is 12.1 Å². The van der Waals surface area contributed by atoms with Crippen LogP contribution in [0.25, 0.3) is 0 Å². The number of rotatable bonds is 3. The molecule has 3 rings (SSSR count). The molecule has 1 spiro atoms. The summed E-state index contributed by atoms with van der Waals surface area (Å²) in [6.45, 7) is 1.96. The van der Waals surface area contributed by atoms with Gasteiger partial charge in [0.25, 0.3) is 5.91 Å². The first-order valence-corrected chi connectivity index (χ1v) is 7.74. The highest BCUT2D eigenvalue weighted by atomic mass is 19.4. The Labute approximate surface area is 137 Å². The van der Waals surface area contributed by atoms with Gasteiger partial charge in [-0.15, -0.1) is 0 Å². The zero-order valence-electron chi connectivity index (χ0n) is 13.0. The van der Waals surface area contributed by atoms with Crippen molar-refractivity contribution < 1.29 is 32.2 Å². The molecule has 2 heterocycles. The molecule has 0 aliphatic carbocycles. The first kappa shape index (κ1) is 17.0.